The molecule has 1 aromatic carbocycles. The highest BCUT2D eigenvalue weighted by atomic mass is 16.6. The number of rotatable bonds is 6. The monoisotopic (exact) mass is 319 g/mol. The van der Waals surface area contributed by atoms with Gasteiger partial charge in [-0.3, -0.25) is 0 Å². The summed E-state index contributed by atoms with van der Waals surface area (Å²) in [4.78, 5) is 14.3. The average molecular weight is 319 g/mol. The zero-order valence-corrected chi connectivity index (χ0v) is 14.5. The van der Waals surface area contributed by atoms with Crippen molar-refractivity contribution in [2.45, 2.75) is 52.2 Å². The second-order valence-electron chi connectivity index (χ2n) is 7.48. The first-order valence-corrected chi connectivity index (χ1v) is 8.52. The Morgan fingerprint density at radius 1 is 1.30 bits per heavy atom. The molecule has 1 N–H and O–H groups in total. The minimum absolute atomic E-state index is 0.124. The van der Waals surface area contributed by atoms with Crippen LogP contribution in [-0.2, 0) is 11.3 Å². The van der Waals surface area contributed by atoms with Crippen LogP contribution in [0.25, 0.3) is 0 Å². The summed E-state index contributed by atoms with van der Waals surface area (Å²) < 4.78 is 5.55. The highest BCUT2D eigenvalue weighted by molar-refractivity contribution is 5.68. The molecule has 0 radical (unpaired) electrons. The van der Waals surface area contributed by atoms with Crippen LogP contribution in [0.3, 0.4) is 0 Å². The van der Waals surface area contributed by atoms with Crippen molar-refractivity contribution in [2.75, 3.05) is 13.2 Å². The van der Waals surface area contributed by atoms with E-state index in [9.17, 15) is 9.90 Å². The first-order valence-electron chi connectivity index (χ1n) is 8.52. The second-order valence-corrected chi connectivity index (χ2v) is 7.48. The fraction of sp³-hybridized carbons (Fsp3) is 0.632. The lowest BCUT2D eigenvalue weighted by atomic mass is 9.76. The van der Waals surface area contributed by atoms with Gasteiger partial charge in [-0.15, -0.1) is 0 Å². The number of hydrogen-bond donors (Lipinski definition) is 1. The van der Waals surface area contributed by atoms with Crippen LogP contribution in [0.1, 0.15) is 45.6 Å². The third-order valence-electron chi connectivity index (χ3n) is 4.37. The molecule has 0 spiro atoms. The number of benzene rings is 1. The van der Waals surface area contributed by atoms with Crippen molar-refractivity contribution in [3.63, 3.8) is 0 Å². The fourth-order valence-corrected chi connectivity index (χ4v) is 2.88. The number of amides is 1. The van der Waals surface area contributed by atoms with Gasteiger partial charge in [0.15, 0.2) is 0 Å². The first kappa shape index (κ1) is 17.8. The molecule has 0 aliphatic heterocycles. The Morgan fingerprint density at radius 2 is 1.96 bits per heavy atom. The first-order chi connectivity index (χ1) is 10.9. The summed E-state index contributed by atoms with van der Waals surface area (Å²) in [6.45, 7) is 6.81. The molecule has 1 unspecified atom stereocenters. The van der Waals surface area contributed by atoms with Crippen molar-refractivity contribution >= 4 is 6.09 Å². The molecule has 4 nitrogen and oxygen atoms in total. The van der Waals surface area contributed by atoms with E-state index in [4.69, 9.17) is 4.74 Å². The van der Waals surface area contributed by atoms with Crippen LogP contribution in [0.2, 0.25) is 0 Å². The lowest BCUT2D eigenvalue weighted by molar-refractivity contribution is 0.0110. The van der Waals surface area contributed by atoms with E-state index in [0.29, 0.717) is 19.0 Å². The van der Waals surface area contributed by atoms with Crippen LogP contribution in [0.15, 0.2) is 30.3 Å². The predicted octanol–water partition coefficient (Wildman–Crippen LogP) is 3.83. The molecular weight excluding hydrogens is 290 g/mol. The maximum absolute atomic E-state index is 12.6. The zero-order chi connectivity index (χ0) is 16.9. The summed E-state index contributed by atoms with van der Waals surface area (Å²) in [7, 11) is 0. The largest absolute Gasteiger partial charge is 0.444 e. The number of aliphatic hydroxyl groups excluding tert-OH is 1. The van der Waals surface area contributed by atoms with Crippen LogP contribution >= 0.6 is 0 Å². The standard InChI is InChI=1S/C19H29NO3/c1-19(2,3)23-18(22)20(12-15-8-5-4-6-9-15)13-17(14-21)16-10-7-11-16/h4-6,8-9,16-17,21H,7,10-14H2,1-3H3. The van der Waals surface area contributed by atoms with Crippen molar-refractivity contribution in [2.24, 2.45) is 11.8 Å². The summed E-state index contributed by atoms with van der Waals surface area (Å²) >= 11 is 0. The number of carbonyl (C=O) groups excluding carboxylic acids is 1. The van der Waals surface area contributed by atoms with E-state index < -0.39 is 5.60 Å². The predicted molar refractivity (Wildman–Crippen MR) is 91.0 cm³/mol. The topological polar surface area (TPSA) is 49.8 Å². The van der Waals surface area contributed by atoms with Crippen LogP contribution in [0, 0.1) is 11.8 Å². The summed E-state index contributed by atoms with van der Waals surface area (Å²) in [6.07, 6.45) is 3.23. The molecule has 0 heterocycles. The Labute approximate surface area is 139 Å². The molecule has 1 fully saturated rings. The summed E-state index contributed by atoms with van der Waals surface area (Å²) in [6, 6.07) is 9.92. The molecule has 1 aromatic rings. The van der Waals surface area contributed by atoms with Gasteiger partial charge in [0.25, 0.3) is 0 Å². The van der Waals surface area contributed by atoms with Crippen molar-refractivity contribution < 1.29 is 14.6 Å². The summed E-state index contributed by atoms with van der Waals surface area (Å²) in [5.74, 6) is 0.667. The third-order valence-corrected chi connectivity index (χ3v) is 4.37. The average Bonchev–Trinajstić information content (AvgIpc) is 2.43. The Kier molecular flexibility index (Phi) is 6.05. The van der Waals surface area contributed by atoms with Gasteiger partial charge in [-0.05, 0) is 32.3 Å². The number of aliphatic hydroxyl groups is 1. The number of hydrogen-bond acceptors (Lipinski definition) is 3. The molecule has 1 saturated carbocycles. The molecule has 128 valence electrons. The Bertz CT molecular complexity index is 491. The molecule has 0 aromatic heterocycles. The normalized spacial score (nSPS) is 16.5. The second kappa shape index (κ2) is 7.82. The van der Waals surface area contributed by atoms with Gasteiger partial charge in [0.05, 0.1) is 0 Å². The maximum Gasteiger partial charge on any atom is 0.410 e. The van der Waals surface area contributed by atoms with Gasteiger partial charge in [-0.25, -0.2) is 4.79 Å². The van der Waals surface area contributed by atoms with E-state index in [2.05, 4.69) is 0 Å². The van der Waals surface area contributed by atoms with E-state index in [1.54, 1.807) is 4.90 Å². The van der Waals surface area contributed by atoms with Gasteiger partial charge in [-0.1, -0.05) is 49.6 Å². The number of ether oxygens (including phenoxy) is 1. The van der Waals surface area contributed by atoms with Crippen LogP contribution in [-0.4, -0.2) is 34.9 Å². The van der Waals surface area contributed by atoms with E-state index in [0.717, 1.165) is 18.4 Å². The molecule has 1 amide bonds. The van der Waals surface area contributed by atoms with Crippen LogP contribution < -0.4 is 0 Å². The molecular formula is C19H29NO3. The SMILES string of the molecule is CC(C)(C)OC(=O)N(Cc1ccccc1)CC(CO)C1CCC1. The minimum atomic E-state index is -0.517. The Morgan fingerprint density at radius 3 is 2.43 bits per heavy atom. The Balaban J connectivity index is 2.07. The van der Waals surface area contributed by atoms with Crippen molar-refractivity contribution in [3.05, 3.63) is 35.9 Å². The van der Waals surface area contributed by atoms with Gasteiger partial charge in [0.1, 0.15) is 5.60 Å². The van der Waals surface area contributed by atoms with Crippen molar-refractivity contribution in [1.82, 2.24) is 4.90 Å². The molecule has 1 atom stereocenters. The van der Waals surface area contributed by atoms with Gasteiger partial charge >= 0.3 is 6.09 Å². The smallest absolute Gasteiger partial charge is 0.410 e. The van der Waals surface area contributed by atoms with Crippen molar-refractivity contribution in [3.8, 4) is 0 Å². The zero-order valence-electron chi connectivity index (χ0n) is 14.5. The molecule has 1 aliphatic rings. The quantitative estimate of drug-likeness (QED) is 0.867. The minimum Gasteiger partial charge on any atom is -0.444 e. The van der Waals surface area contributed by atoms with Crippen molar-refractivity contribution in [1.29, 1.82) is 0 Å². The number of nitrogens with zero attached hydrogens (tertiary/aromatic N) is 1. The molecule has 2 rings (SSSR count). The van der Waals surface area contributed by atoms with Crippen LogP contribution in [0.5, 0.6) is 0 Å². The Hall–Kier alpha value is -1.55. The lowest BCUT2D eigenvalue weighted by Crippen LogP contribution is -2.42. The highest BCUT2D eigenvalue weighted by Crippen LogP contribution is 2.34. The van der Waals surface area contributed by atoms with Gasteiger partial charge in [0.2, 0.25) is 0 Å². The van der Waals surface area contributed by atoms with Crippen LogP contribution in [0.4, 0.5) is 4.79 Å². The van der Waals surface area contributed by atoms with E-state index in [1.807, 2.05) is 51.1 Å². The van der Waals surface area contributed by atoms with Gasteiger partial charge in [0, 0.05) is 25.6 Å². The molecule has 0 saturated heterocycles. The molecule has 1 aliphatic carbocycles. The summed E-state index contributed by atoms with van der Waals surface area (Å²) in [5, 5.41) is 9.71. The molecule has 0 bridgehead atoms. The lowest BCUT2D eigenvalue weighted by Gasteiger charge is -2.36. The van der Waals surface area contributed by atoms with E-state index in [1.165, 1.54) is 6.42 Å². The highest BCUT2D eigenvalue weighted by Gasteiger charge is 2.31. The maximum atomic E-state index is 12.6. The van der Waals surface area contributed by atoms with E-state index >= 15 is 0 Å². The number of carbonyl (C=O) groups is 1. The molecule has 23 heavy (non-hydrogen) atoms. The molecule has 4 heteroatoms. The third kappa shape index (κ3) is 5.54. The van der Waals surface area contributed by atoms with E-state index in [-0.39, 0.29) is 18.6 Å². The fourth-order valence-electron chi connectivity index (χ4n) is 2.88. The van der Waals surface area contributed by atoms with Gasteiger partial charge in [-0.2, -0.15) is 0 Å². The summed E-state index contributed by atoms with van der Waals surface area (Å²) in [5.41, 5.74) is 0.556. The van der Waals surface area contributed by atoms with Gasteiger partial charge < -0.3 is 14.7 Å².